The third kappa shape index (κ3) is 4.56. The number of anilines is 1. The summed E-state index contributed by atoms with van der Waals surface area (Å²) in [5.74, 6) is 1.81. The van der Waals surface area contributed by atoms with Gasteiger partial charge in [-0.15, -0.1) is 0 Å². The highest BCUT2D eigenvalue weighted by Gasteiger charge is 2.35. The molecule has 2 N–H and O–H groups in total. The van der Waals surface area contributed by atoms with Gasteiger partial charge in [0.25, 0.3) is 5.91 Å². The Labute approximate surface area is 164 Å². The fourth-order valence-electron chi connectivity index (χ4n) is 3.73. The molecule has 0 radical (unpaired) electrons. The number of nitrogens with zero attached hydrogens (tertiary/aromatic N) is 2. The highest BCUT2D eigenvalue weighted by Crippen LogP contribution is 2.29. The quantitative estimate of drug-likeness (QED) is 0.812. The molecule has 0 bridgehead atoms. The van der Waals surface area contributed by atoms with E-state index in [1.165, 1.54) is 0 Å². The van der Waals surface area contributed by atoms with Crippen molar-refractivity contribution in [2.24, 2.45) is 0 Å². The average molecular weight is 387 g/mol. The van der Waals surface area contributed by atoms with Crippen LogP contribution >= 0.6 is 11.8 Å². The van der Waals surface area contributed by atoms with E-state index in [9.17, 15) is 14.9 Å². The molecule has 0 unspecified atom stereocenters. The first-order valence-electron chi connectivity index (χ1n) is 9.47. The van der Waals surface area contributed by atoms with Crippen molar-refractivity contribution in [2.75, 3.05) is 36.5 Å². The molecule has 0 aromatic heterocycles. The van der Waals surface area contributed by atoms with Gasteiger partial charge < -0.3 is 15.5 Å². The molecular weight excluding hydrogens is 360 g/mol. The van der Waals surface area contributed by atoms with E-state index >= 15 is 0 Å². The summed E-state index contributed by atoms with van der Waals surface area (Å²) in [5.41, 5.74) is 1.60. The molecule has 6 nitrogen and oxygen atoms in total. The lowest BCUT2D eigenvalue weighted by Gasteiger charge is -2.27. The third-order valence-corrected chi connectivity index (χ3v) is 6.29. The zero-order valence-electron chi connectivity index (χ0n) is 15.7. The van der Waals surface area contributed by atoms with Crippen LogP contribution in [0.2, 0.25) is 0 Å². The highest BCUT2D eigenvalue weighted by molar-refractivity contribution is 7.99. The summed E-state index contributed by atoms with van der Waals surface area (Å²) in [4.78, 5) is 27.0. The van der Waals surface area contributed by atoms with Gasteiger partial charge in [-0.3, -0.25) is 9.59 Å². The topological polar surface area (TPSA) is 85.2 Å². The number of nitrogens with one attached hydrogen (secondary N) is 2. The van der Waals surface area contributed by atoms with Gasteiger partial charge in [0.15, 0.2) is 0 Å². The van der Waals surface area contributed by atoms with Gasteiger partial charge in [0.05, 0.1) is 12.6 Å². The van der Waals surface area contributed by atoms with Crippen LogP contribution in [-0.4, -0.2) is 53.4 Å². The van der Waals surface area contributed by atoms with Gasteiger partial charge in [0.1, 0.15) is 5.54 Å². The van der Waals surface area contributed by atoms with Crippen molar-refractivity contribution in [2.45, 2.75) is 38.1 Å². The number of hydrogen-bond acceptors (Lipinski definition) is 5. The monoisotopic (exact) mass is 386 g/mol. The Morgan fingerprint density at radius 3 is 2.63 bits per heavy atom. The zero-order valence-corrected chi connectivity index (χ0v) is 16.5. The molecule has 0 spiro atoms. The molecule has 1 aliphatic heterocycles. The summed E-state index contributed by atoms with van der Waals surface area (Å²) in [6.07, 6.45) is 3.37. The fourth-order valence-corrected chi connectivity index (χ4v) is 4.63. The lowest BCUT2D eigenvalue weighted by molar-refractivity contribution is -0.120. The van der Waals surface area contributed by atoms with E-state index in [0.29, 0.717) is 18.4 Å². The van der Waals surface area contributed by atoms with Crippen LogP contribution in [0, 0.1) is 18.3 Å². The SMILES string of the molecule is Cc1c(NCC(=O)NC2(C#N)CCCC2)cccc1C(=O)N1CCSCC1. The molecule has 2 amide bonds. The Bertz CT molecular complexity index is 747. The molecular formula is C20H26N4O2S. The molecule has 0 atom stereocenters. The minimum atomic E-state index is -0.710. The van der Waals surface area contributed by atoms with Gasteiger partial charge in [-0.05, 0) is 50.3 Å². The van der Waals surface area contributed by atoms with Crippen LogP contribution in [0.25, 0.3) is 0 Å². The minimum absolute atomic E-state index is 0.0512. The van der Waals surface area contributed by atoms with E-state index in [-0.39, 0.29) is 18.4 Å². The zero-order chi connectivity index (χ0) is 19.3. The molecule has 1 saturated heterocycles. The molecule has 144 valence electrons. The van der Waals surface area contributed by atoms with Crippen LogP contribution in [0.5, 0.6) is 0 Å². The Balaban J connectivity index is 1.63. The summed E-state index contributed by atoms with van der Waals surface area (Å²) in [5, 5.41) is 15.4. The Morgan fingerprint density at radius 1 is 1.26 bits per heavy atom. The van der Waals surface area contributed by atoms with E-state index in [1.807, 2.05) is 41.8 Å². The number of amides is 2. The summed E-state index contributed by atoms with van der Waals surface area (Å²) >= 11 is 1.87. The van der Waals surface area contributed by atoms with Gasteiger partial charge in [-0.2, -0.15) is 17.0 Å². The number of carbonyl (C=O) groups excluding carboxylic acids is 2. The van der Waals surface area contributed by atoms with Gasteiger partial charge in [-0.1, -0.05) is 6.07 Å². The van der Waals surface area contributed by atoms with Crippen LogP contribution in [0.3, 0.4) is 0 Å². The van der Waals surface area contributed by atoms with Crippen molar-refractivity contribution in [3.8, 4) is 6.07 Å². The van der Waals surface area contributed by atoms with Crippen LogP contribution in [0.4, 0.5) is 5.69 Å². The first-order valence-corrected chi connectivity index (χ1v) is 10.6. The molecule has 2 aliphatic rings. The Morgan fingerprint density at radius 2 is 1.96 bits per heavy atom. The number of benzene rings is 1. The highest BCUT2D eigenvalue weighted by atomic mass is 32.2. The van der Waals surface area contributed by atoms with Crippen LogP contribution in [0.1, 0.15) is 41.6 Å². The van der Waals surface area contributed by atoms with Crippen LogP contribution in [-0.2, 0) is 4.79 Å². The van der Waals surface area contributed by atoms with Crippen molar-refractivity contribution in [3.63, 3.8) is 0 Å². The lowest BCUT2D eigenvalue weighted by Crippen LogP contribution is -2.47. The second-order valence-corrected chi connectivity index (χ2v) is 8.41. The van der Waals surface area contributed by atoms with Gasteiger partial charge in [0.2, 0.25) is 5.91 Å². The minimum Gasteiger partial charge on any atom is -0.376 e. The molecule has 1 aromatic rings. The van der Waals surface area contributed by atoms with Gasteiger partial charge in [0, 0.05) is 35.8 Å². The largest absolute Gasteiger partial charge is 0.376 e. The van der Waals surface area contributed by atoms with Crippen molar-refractivity contribution < 1.29 is 9.59 Å². The summed E-state index contributed by atoms with van der Waals surface area (Å²) in [6, 6.07) is 7.82. The van der Waals surface area contributed by atoms with Crippen molar-refractivity contribution in [1.82, 2.24) is 10.2 Å². The summed E-state index contributed by atoms with van der Waals surface area (Å²) < 4.78 is 0. The number of rotatable bonds is 5. The van der Waals surface area contributed by atoms with Crippen LogP contribution < -0.4 is 10.6 Å². The summed E-state index contributed by atoms with van der Waals surface area (Å²) in [6.45, 7) is 3.54. The second kappa shape index (κ2) is 8.66. The Hall–Kier alpha value is -2.20. The summed E-state index contributed by atoms with van der Waals surface area (Å²) in [7, 11) is 0. The molecule has 1 heterocycles. The van der Waals surface area contributed by atoms with Crippen LogP contribution in [0.15, 0.2) is 18.2 Å². The first-order chi connectivity index (χ1) is 13.0. The van der Waals surface area contributed by atoms with E-state index in [0.717, 1.165) is 48.7 Å². The number of thioether (sulfide) groups is 1. The van der Waals surface area contributed by atoms with Crippen molar-refractivity contribution >= 4 is 29.3 Å². The Kier molecular flexibility index (Phi) is 6.27. The second-order valence-electron chi connectivity index (χ2n) is 7.19. The normalized spacial score (nSPS) is 18.6. The molecule has 3 rings (SSSR count). The van der Waals surface area contributed by atoms with E-state index in [2.05, 4.69) is 16.7 Å². The maximum Gasteiger partial charge on any atom is 0.254 e. The standard InChI is InChI=1S/C20H26N4O2S/c1-15-16(19(26)24-9-11-27-12-10-24)5-4-6-17(15)22-13-18(25)23-20(14-21)7-2-3-8-20/h4-6,22H,2-3,7-13H2,1H3,(H,23,25). The van der Waals surface area contributed by atoms with Gasteiger partial charge in [-0.25, -0.2) is 0 Å². The predicted octanol–water partition coefficient (Wildman–Crippen LogP) is 2.55. The molecule has 1 aliphatic carbocycles. The number of hydrogen-bond donors (Lipinski definition) is 2. The van der Waals surface area contributed by atoms with Crippen molar-refractivity contribution in [3.05, 3.63) is 29.3 Å². The molecule has 2 fully saturated rings. The fraction of sp³-hybridized carbons (Fsp3) is 0.550. The first kappa shape index (κ1) is 19.6. The van der Waals surface area contributed by atoms with E-state index < -0.39 is 5.54 Å². The van der Waals surface area contributed by atoms with Gasteiger partial charge >= 0.3 is 0 Å². The van der Waals surface area contributed by atoms with E-state index in [1.54, 1.807) is 0 Å². The smallest absolute Gasteiger partial charge is 0.254 e. The number of carbonyl (C=O) groups is 2. The molecule has 7 heteroatoms. The molecule has 1 aromatic carbocycles. The van der Waals surface area contributed by atoms with E-state index in [4.69, 9.17) is 0 Å². The predicted molar refractivity (Wildman–Crippen MR) is 108 cm³/mol. The van der Waals surface area contributed by atoms with Crippen molar-refractivity contribution in [1.29, 1.82) is 5.26 Å². The lowest BCUT2D eigenvalue weighted by atomic mass is 10.00. The maximum absolute atomic E-state index is 12.8. The maximum atomic E-state index is 12.8. The average Bonchev–Trinajstić information content (AvgIpc) is 3.16. The number of nitriles is 1. The molecule has 27 heavy (non-hydrogen) atoms. The molecule has 1 saturated carbocycles. The third-order valence-electron chi connectivity index (χ3n) is 5.35.